The third-order valence-corrected chi connectivity index (χ3v) is 5.13. The van der Waals surface area contributed by atoms with Crippen molar-refractivity contribution in [3.05, 3.63) is 28.9 Å². The van der Waals surface area contributed by atoms with E-state index in [1.54, 1.807) is 19.2 Å². The molecule has 7 nitrogen and oxygen atoms in total. The molecule has 0 atom stereocenters. The molecular formula is C12H15N5O2S2. The van der Waals surface area contributed by atoms with E-state index in [4.69, 9.17) is 0 Å². The number of aryl methyl sites for hydroxylation is 1. The minimum atomic E-state index is -3.71. The van der Waals surface area contributed by atoms with E-state index in [2.05, 4.69) is 25.2 Å². The van der Waals surface area contributed by atoms with Crippen molar-refractivity contribution in [1.29, 1.82) is 0 Å². The average Bonchev–Trinajstić information content (AvgIpc) is 3.20. The highest BCUT2D eigenvalue weighted by molar-refractivity contribution is 7.92. The summed E-state index contributed by atoms with van der Waals surface area (Å²) in [6.07, 6.45) is 4.01. The van der Waals surface area contributed by atoms with E-state index in [1.165, 1.54) is 30.2 Å². The molecule has 0 aromatic carbocycles. The predicted octanol–water partition coefficient (Wildman–Crippen LogP) is 1.29. The first-order valence-electron chi connectivity index (χ1n) is 6.54. The Labute approximate surface area is 126 Å². The topological polar surface area (TPSA) is 96.9 Å². The van der Waals surface area contributed by atoms with Crippen LogP contribution >= 0.6 is 11.3 Å². The Morgan fingerprint density at radius 1 is 1.33 bits per heavy atom. The number of sulfonamides is 1. The van der Waals surface area contributed by atoms with Gasteiger partial charge in [-0.2, -0.15) is 8.42 Å². The third kappa shape index (κ3) is 3.74. The summed E-state index contributed by atoms with van der Waals surface area (Å²) in [5, 5.41) is 11.8. The number of nitrogens with one attached hydrogen (secondary N) is 2. The van der Waals surface area contributed by atoms with Crippen molar-refractivity contribution in [3.63, 3.8) is 0 Å². The van der Waals surface area contributed by atoms with E-state index in [1.807, 2.05) is 0 Å². The first kappa shape index (κ1) is 14.4. The fourth-order valence-corrected chi connectivity index (χ4v) is 3.48. The van der Waals surface area contributed by atoms with Crippen molar-refractivity contribution in [1.82, 2.24) is 20.5 Å². The second-order valence-electron chi connectivity index (χ2n) is 4.89. The van der Waals surface area contributed by atoms with Crippen LogP contribution in [0.15, 0.2) is 23.4 Å². The molecule has 3 rings (SSSR count). The van der Waals surface area contributed by atoms with Gasteiger partial charge in [-0.1, -0.05) is 17.4 Å². The van der Waals surface area contributed by atoms with Crippen LogP contribution in [0.1, 0.15) is 23.4 Å². The molecule has 1 aliphatic carbocycles. The first-order chi connectivity index (χ1) is 10.0. The Bertz CT molecular complexity index is 722. The molecule has 112 valence electrons. The molecule has 0 radical (unpaired) electrons. The molecule has 0 aliphatic heterocycles. The zero-order valence-corrected chi connectivity index (χ0v) is 13.0. The summed E-state index contributed by atoms with van der Waals surface area (Å²) in [6, 6.07) is 3.87. The van der Waals surface area contributed by atoms with Gasteiger partial charge >= 0.3 is 0 Å². The number of pyridine rings is 1. The molecule has 0 bridgehead atoms. The van der Waals surface area contributed by atoms with Crippen LogP contribution in [0.4, 0.5) is 5.13 Å². The summed E-state index contributed by atoms with van der Waals surface area (Å²) in [6.45, 7) is 2.47. The number of anilines is 1. The Hall–Kier alpha value is -1.58. The van der Waals surface area contributed by atoms with E-state index in [9.17, 15) is 8.42 Å². The van der Waals surface area contributed by atoms with Crippen molar-refractivity contribution in [3.8, 4) is 0 Å². The highest BCUT2D eigenvalue weighted by Crippen LogP contribution is 2.20. The molecule has 2 aromatic rings. The number of rotatable bonds is 6. The first-order valence-corrected chi connectivity index (χ1v) is 8.84. The Morgan fingerprint density at radius 2 is 2.14 bits per heavy atom. The highest BCUT2D eigenvalue weighted by Gasteiger charge is 2.21. The second kappa shape index (κ2) is 5.66. The van der Waals surface area contributed by atoms with Gasteiger partial charge in [0.1, 0.15) is 5.01 Å². The molecule has 2 aromatic heterocycles. The van der Waals surface area contributed by atoms with Crippen molar-refractivity contribution in [2.24, 2.45) is 0 Å². The van der Waals surface area contributed by atoms with Gasteiger partial charge in [-0.3, -0.25) is 4.72 Å². The number of hydrogen-bond acceptors (Lipinski definition) is 7. The minimum Gasteiger partial charge on any atom is -0.310 e. The molecule has 9 heteroatoms. The summed E-state index contributed by atoms with van der Waals surface area (Å²) < 4.78 is 26.7. The van der Waals surface area contributed by atoms with Crippen molar-refractivity contribution in [2.45, 2.75) is 37.4 Å². The van der Waals surface area contributed by atoms with Crippen LogP contribution in [-0.2, 0) is 16.6 Å². The lowest BCUT2D eigenvalue weighted by Gasteiger charge is -2.06. The van der Waals surface area contributed by atoms with Crippen molar-refractivity contribution >= 4 is 26.5 Å². The van der Waals surface area contributed by atoms with Gasteiger partial charge in [0.2, 0.25) is 5.13 Å². The average molecular weight is 325 g/mol. The maximum Gasteiger partial charge on any atom is 0.281 e. The van der Waals surface area contributed by atoms with Crippen LogP contribution in [0.25, 0.3) is 0 Å². The van der Waals surface area contributed by atoms with E-state index in [-0.39, 0.29) is 10.2 Å². The molecule has 2 N–H and O–H groups in total. The molecule has 0 saturated heterocycles. The van der Waals surface area contributed by atoms with Gasteiger partial charge in [0, 0.05) is 18.8 Å². The van der Waals surface area contributed by atoms with Crippen LogP contribution in [0.5, 0.6) is 0 Å². The fraction of sp³-hybridized carbons (Fsp3) is 0.417. The number of hydrogen-bond donors (Lipinski definition) is 2. The maximum atomic E-state index is 12.1. The quantitative estimate of drug-likeness (QED) is 0.831. The van der Waals surface area contributed by atoms with Crippen LogP contribution in [0.2, 0.25) is 0 Å². The lowest BCUT2D eigenvalue weighted by Crippen LogP contribution is -2.17. The zero-order valence-electron chi connectivity index (χ0n) is 11.4. The van der Waals surface area contributed by atoms with Gasteiger partial charge in [0.15, 0.2) is 5.03 Å². The molecule has 21 heavy (non-hydrogen) atoms. The highest BCUT2D eigenvalue weighted by atomic mass is 32.2. The lowest BCUT2D eigenvalue weighted by atomic mass is 10.3. The molecule has 1 saturated carbocycles. The Kier molecular flexibility index (Phi) is 3.87. The Morgan fingerprint density at radius 3 is 2.71 bits per heavy atom. The Balaban J connectivity index is 1.69. The predicted molar refractivity (Wildman–Crippen MR) is 79.6 cm³/mol. The second-order valence-corrected chi connectivity index (χ2v) is 7.70. The molecule has 0 unspecified atom stereocenters. The maximum absolute atomic E-state index is 12.1. The largest absolute Gasteiger partial charge is 0.310 e. The van der Waals surface area contributed by atoms with E-state index < -0.39 is 10.0 Å². The van der Waals surface area contributed by atoms with Crippen molar-refractivity contribution in [2.75, 3.05) is 4.72 Å². The molecule has 1 fully saturated rings. The van der Waals surface area contributed by atoms with Gasteiger partial charge in [-0.15, -0.1) is 10.2 Å². The van der Waals surface area contributed by atoms with Gasteiger partial charge in [-0.25, -0.2) is 4.98 Å². The molecular weight excluding hydrogens is 310 g/mol. The van der Waals surface area contributed by atoms with Crippen LogP contribution in [-0.4, -0.2) is 29.6 Å². The van der Waals surface area contributed by atoms with Gasteiger partial charge in [-0.05, 0) is 31.4 Å². The van der Waals surface area contributed by atoms with E-state index >= 15 is 0 Å². The van der Waals surface area contributed by atoms with E-state index in [0.29, 0.717) is 17.6 Å². The fourth-order valence-electron chi connectivity index (χ4n) is 1.73. The number of nitrogens with zero attached hydrogens (tertiary/aromatic N) is 3. The van der Waals surface area contributed by atoms with Gasteiger partial charge < -0.3 is 5.32 Å². The summed E-state index contributed by atoms with van der Waals surface area (Å²) in [5.74, 6) is 0. The number of aromatic nitrogens is 3. The smallest absolute Gasteiger partial charge is 0.281 e. The molecule has 1 aliphatic rings. The molecule has 2 heterocycles. The van der Waals surface area contributed by atoms with Crippen LogP contribution in [0.3, 0.4) is 0 Å². The summed E-state index contributed by atoms with van der Waals surface area (Å²) in [4.78, 5) is 4.02. The zero-order chi connectivity index (χ0) is 14.9. The SMILES string of the molecule is Cc1nnc(NS(=O)(=O)c2ccc(CNC3CC3)cn2)s1. The summed E-state index contributed by atoms with van der Waals surface area (Å²) in [7, 11) is -3.71. The lowest BCUT2D eigenvalue weighted by molar-refractivity contribution is 0.597. The van der Waals surface area contributed by atoms with Gasteiger partial charge in [0.25, 0.3) is 10.0 Å². The summed E-state index contributed by atoms with van der Waals surface area (Å²) >= 11 is 1.18. The van der Waals surface area contributed by atoms with Crippen LogP contribution in [0, 0.1) is 6.92 Å². The van der Waals surface area contributed by atoms with Gasteiger partial charge in [0.05, 0.1) is 0 Å². The molecule has 0 spiro atoms. The van der Waals surface area contributed by atoms with E-state index in [0.717, 1.165) is 5.56 Å². The normalized spacial score (nSPS) is 15.1. The van der Waals surface area contributed by atoms with Crippen molar-refractivity contribution < 1.29 is 8.42 Å². The monoisotopic (exact) mass is 325 g/mol. The summed E-state index contributed by atoms with van der Waals surface area (Å²) in [5.41, 5.74) is 0.965. The standard InChI is InChI=1S/C12H15N5O2S2/c1-8-15-16-12(20-8)17-21(18,19)11-5-2-9(7-14-11)6-13-10-3-4-10/h2,5,7,10,13H,3-4,6H2,1H3,(H,16,17). The molecule has 0 amide bonds. The minimum absolute atomic E-state index is 0.0227. The van der Waals surface area contributed by atoms with Crippen LogP contribution < -0.4 is 10.0 Å². The third-order valence-electron chi connectivity index (χ3n) is 2.99.